The molecule has 0 radical (unpaired) electrons. The summed E-state index contributed by atoms with van der Waals surface area (Å²) in [5.74, 6) is 1.02. The molecule has 0 bridgehead atoms. The van der Waals surface area contributed by atoms with Gasteiger partial charge < -0.3 is 10.2 Å². The average Bonchev–Trinajstić information content (AvgIpc) is 3.31. The number of aromatic nitrogens is 3. The highest BCUT2D eigenvalue weighted by atomic mass is 32.1. The van der Waals surface area contributed by atoms with Crippen molar-refractivity contribution in [3.05, 3.63) is 78.2 Å². The van der Waals surface area contributed by atoms with Gasteiger partial charge in [-0.15, -0.1) is 0 Å². The van der Waals surface area contributed by atoms with Gasteiger partial charge in [0.2, 0.25) is 5.95 Å². The van der Waals surface area contributed by atoms with E-state index in [9.17, 15) is 4.39 Å². The van der Waals surface area contributed by atoms with E-state index in [0.29, 0.717) is 5.95 Å². The number of nitrogens with zero attached hydrogens (tertiary/aromatic N) is 4. The predicted molar refractivity (Wildman–Crippen MR) is 138 cm³/mol. The minimum atomic E-state index is -0.272. The Labute approximate surface area is 203 Å². The van der Waals surface area contributed by atoms with E-state index in [1.807, 2.05) is 30.3 Å². The van der Waals surface area contributed by atoms with E-state index in [0.717, 1.165) is 64.4 Å². The number of nitrogens with one attached hydrogen (secondary N) is 1. The van der Waals surface area contributed by atoms with Gasteiger partial charge in [0, 0.05) is 24.8 Å². The molecule has 0 spiro atoms. The molecule has 3 heterocycles. The molecule has 5 rings (SSSR count). The molecule has 2 aromatic carbocycles. The second-order valence-electron chi connectivity index (χ2n) is 8.90. The molecule has 174 valence electrons. The minimum Gasteiger partial charge on any atom is -0.348 e. The van der Waals surface area contributed by atoms with E-state index >= 15 is 0 Å². The summed E-state index contributed by atoms with van der Waals surface area (Å²) in [5, 5.41) is 4.37. The van der Waals surface area contributed by atoms with Crippen molar-refractivity contribution in [2.75, 3.05) is 23.3 Å². The Morgan fingerprint density at radius 2 is 1.82 bits per heavy atom. The Morgan fingerprint density at radius 1 is 1.03 bits per heavy atom. The first-order chi connectivity index (χ1) is 16.6. The van der Waals surface area contributed by atoms with E-state index < -0.39 is 0 Å². The second-order valence-corrected chi connectivity index (χ2v) is 9.87. The molecule has 0 aliphatic carbocycles. The van der Waals surface area contributed by atoms with Crippen LogP contribution in [0.1, 0.15) is 38.3 Å². The molecule has 1 aliphatic rings. The lowest BCUT2D eigenvalue weighted by molar-refractivity contribution is 0.438. The smallest absolute Gasteiger partial charge is 0.223 e. The summed E-state index contributed by atoms with van der Waals surface area (Å²) in [7, 11) is 0. The molecule has 5 nitrogen and oxygen atoms in total. The third-order valence-corrected chi connectivity index (χ3v) is 7.44. The number of hydrogen-bond donors (Lipinski definition) is 1. The van der Waals surface area contributed by atoms with Crippen molar-refractivity contribution in [1.82, 2.24) is 15.0 Å². The van der Waals surface area contributed by atoms with Crippen LogP contribution < -0.4 is 10.2 Å². The van der Waals surface area contributed by atoms with Gasteiger partial charge in [-0.3, -0.25) is 0 Å². The van der Waals surface area contributed by atoms with Crippen molar-refractivity contribution in [2.45, 2.75) is 32.7 Å². The lowest BCUT2D eigenvalue weighted by atomic mass is 10.00. The van der Waals surface area contributed by atoms with Crippen molar-refractivity contribution in [1.29, 1.82) is 0 Å². The molecule has 0 saturated carbocycles. The maximum atomic E-state index is 14.1. The molecule has 34 heavy (non-hydrogen) atoms. The van der Waals surface area contributed by atoms with Crippen LogP contribution in [0, 0.1) is 11.7 Å². The fourth-order valence-corrected chi connectivity index (χ4v) is 5.33. The van der Waals surface area contributed by atoms with Crippen LogP contribution in [-0.2, 0) is 0 Å². The molecule has 1 atom stereocenters. The molecule has 7 heteroatoms. The standard InChI is InChI=1S/C27H28FN5S/c1-18-12-15-33(16-13-18)27-32-24(21-9-6-10-22(28)17-21)25(34-27)23-11-14-29-26(31-23)30-19(2)20-7-4-3-5-8-20/h3-11,14,17-19H,12-13,15-16H2,1-2H3,(H,29,30,31)/t19-/m0/s1. The van der Waals surface area contributed by atoms with Gasteiger partial charge >= 0.3 is 0 Å². The summed E-state index contributed by atoms with van der Waals surface area (Å²) in [6.45, 7) is 6.37. The predicted octanol–water partition coefficient (Wildman–Crippen LogP) is 6.82. The molecule has 0 unspecified atom stereocenters. The molecule has 4 aromatic rings. The number of halogens is 1. The van der Waals surface area contributed by atoms with Crippen LogP contribution in [0.25, 0.3) is 21.8 Å². The van der Waals surface area contributed by atoms with Gasteiger partial charge in [-0.25, -0.2) is 19.3 Å². The van der Waals surface area contributed by atoms with E-state index in [1.165, 1.54) is 6.07 Å². The summed E-state index contributed by atoms with van der Waals surface area (Å²) in [4.78, 5) is 17.5. The van der Waals surface area contributed by atoms with Crippen molar-refractivity contribution >= 4 is 22.4 Å². The highest BCUT2D eigenvalue weighted by molar-refractivity contribution is 7.19. The van der Waals surface area contributed by atoms with Crippen molar-refractivity contribution < 1.29 is 4.39 Å². The fourth-order valence-electron chi connectivity index (χ4n) is 4.22. The molecular weight excluding hydrogens is 445 g/mol. The van der Waals surface area contributed by atoms with Gasteiger partial charge in [0.15, 0.2) is 5.13 Å². The van der Waals surface area contributed by atoms with Crippen molar-refractivity contribution in [3.63, 3.8) is 0 Å². The van der Waals surface area contributed by atoms with Crippen LogP contribution in [0.5, 0.6) is 0 Å². The second kappa shape index (κ2) is 9.89. The lowest BCUT2D eigenvalue weighted by Crippen LogP contribution is -2.32. The third-order valence-electron chi connectivity index (χ3n) is 6.30. The number of hydrogen-bond acceptors (Lipinski definition) is 6. The SMILES string of the molecule is CC1CCN(c2nc(-c3cccc(F)c3)c(-c3ccnc(N[C@@H](C)c4ccccc4)n3)s2)CC1. The van der Waals surface area contributed by atoms with Crippen LogP contribution >= 0.6 is 11.3 Å². The molecule has 2 aromatic heterocycles. The first kappa shape index (κ1) is 22.5. The van der Waals surface area contributed by atoms with E-state index in [-0.39, 0.29) is 11.9 Å². The highest BCUT2D eigenvalue weighted by Gasteiger charge is 2.23. The number of piperidine rings is 1. The lowest BCUT2D eigenvalue weighted by Gasteiger charge is -2.29. The van der Waals surface area contributed by atoms with E-state index in [1.54, 1.807) is 29.7 Å². The topological polar surface area (TPSA) is 53.9 Å². The maximum Gasteiger partial charge on any atom is 0.223 e. The molecule has 1 N–H and O–H groups in total. The van der Waals surface area contributed by atoms with Gasteiger partial charge in [-0.2, -0.15) is 0 Å². The number of thiazole rings is 1. The van der Waals surface area contributed by atoms with Crippen molar-refractivity contribution in [3.8, 4) is 21.8 Å². The van der Waals surface area contributed by atoms with Gasteiger partial charge in [-0.05, 0) is 49.4 Å². The Morgan fingerprint density at radius 3 is 2.59 bits per heavy atom. The maximum absolute atomic E-state index is 14.1. The Hall–Kier alpha value is -3.32. The van der Waals surface area contributed by atoms with Gasteiger partial charge in [0.05, 0.1) is 22.3 Å². The zero-order valence-electron chi connectivity index (χ0n) is 19.4. The van der Waals surface area contributed by atoms with Gasteiger partial charge in [0.25, 0.3) is 0 Å². The Bertz CT molecular complexity index is 1250. The normalized spacial score (nSPS) is 15.3. The molecular formula is C27H28FN5S. The monoisotopic (exact) mass is 473 g/mol. The quantitative estimate of drug-likeness (QED) is 0.333. The van der Waals surface area contributed by atoms with Crippen LogP contribution in [0.4, 0.5) is 15.5 Å². The number of rotatable bonds is 6. The first-order valence-corrected chi connectivity index (χ1v) is 12.5. The third kappa shape index (κ3) is 4.94. The summed E-state index contributed by atoms with van der Waals surface area (Å²) in [5.41, 5.74) is 3.47. The molecule has 0 amide bonds. The minimum absolute atomic E-state index is 0.0616. The average molecular weight is 474 g/mol. The van der Waals surface area contributed by atoms with Crippen LogP contribution in [0.2, 0.25) is 0 Å². The highest BCUT2D eigenvalue weighted by Crippen LogP contribution is 2.41. The first-order valence-electron chi connectivity index (χ1n) is 11.7. The Kier molecular flexibility index (Phi) is 6.54. The van der Waals surface area contributed by atoms with Crippen LogP contribution in [0.3, 0.4) is 0 Å². The van der Waals surface area contributed by atoms with Crippen molar-refractivity contribution in [2.24, 2.45) is 5.92 Å². The zero-order valence-corrected chi connectivity index (χ0v) is 20.2. The summed E-state index contributed by atoms with van der Waals surface area (Å²) in [6, 6.07) is 18.8. The largest absolute Gasteiger partial charge is 0.348 e. The van der Waals surface area contributed by atoms with Crippen LogP contribution in [0.15, 0.2) is 66.9 Å². The van der Waals surface area contributed by atoms with E-state index in [4.69, 9.17) is 9.97 Å². The molecule has 1 aliphatic heterocycles. The number of benzene rings is 2. The summed E-state index contributed by atoms with van der Waals surface area (Å²) < 4.78 is 14.1. The molecule has 1 saturated heterocycles. The number of anilines is 2. The van der Waals surface area contributed by atoms with E-state index in [2.05, 4.69) is 41.2 Å². The van der Waals surface area contributed by atoms with Gasteiger partial charge in [-0.1, -0.05) is 60.7 Å². The molecule has 1 fully saturated rings. The summed E-state index contributed by atoms with van der Waals surface area (Å²) in [6.07, 6.45) is 4.08. The summed E-state index contributed by atoms with van der Waals surface area (Å²) >= 11 is 1.62. The van der Waals surface area contributed by atoms with Gasteiger partial charge in [0.1, 0.15) is 5.82 Å². The fraction of sp³-hybridized carbons (Fsp3) is 0.296. The Balaban J connectivity index is 1.50. The zero-order chi connectivity index (χ0) is 23.5. The van der Waals surface area contributed by atoms with Crippen LogP contribution in [-0.4, -0.2) is 28.0 Å².